The van der Waals surface area contributed by atoms with Crippen molar-refractivity contribution in [3.05, 3.63) is 0 Å². The second kappa shape index (κ2) is 6.70. The molecule has 1 heterocycles. The molecule has 0 saturated carbocycles. The average Bonchev–Trinajstić information content (AvgIpc) is 2.74. The predicted molar refractivity (Wildman–Crippen MR) is 80.1 cm³/mol. The maximum atomic E-state index is 12.3. The summed E-state index contributed by atoms with van der Waals surface area (Å²) in [5.41, 5.74) is -0.627. The van der Waals surface area contributed by atoms with E-state index in [0.29, 0.717) is 0 Å². The molecular weight excluding hydrogens is 278 g/mol. The molecule has 0 aromatic rings. The normalized spacial score (nSPS) is 20.8. The zero-order valence-corrected chi connectivity index (χ0v) is 13.7. The second-order valence-electron chi connectivity index (χ2n) is 6.39. The highest BCUT2D eigenvalue weighted by Crippen LogP contribution is 2.30. The summed E-state index contributed by atoms with van der Waals surface area (Å²) in [5, 5.41) is 9.54. The molecule has 0 bridgehead atoms. The summed E-state index contributed by atoms with van der Waals surface area (Å²) in [4.78, 5) is 25.4. The number of hydrogen-bond acceptors (Lipinski definition) is 4. The van der Waals surface area contributed by atoms with E-state index < -0.39 is 23.7 Å². The number of thioether (sulfide) groups is 1. The van der Waals surface area contributed by atoms with Gasteiger partial charge in [0.25, 0.3) is 0 Å². The Balaban J connectivity index is 2.96. The van der Waals surface area contributed by atoms with Gasteiger partial charge in [-0.25, -0.2) is 9.59 Å². The molecule has 2 unspecified atom stereocenters. The van der Waals surface area contributed by atoms with Gasteiger partial charge in [0.1, 0.15) is 11.6 Å². The summed E-state index contributed by atoms with van der Waals surface area (Å²) in [6.07, 6.45) is 0.282. The quantitative estimate of drug-likeness (QED) is 0.865. The molecule has 116 valence electrons. The summed E-state index contributed by atoms with van der Waals surface area (Å²) >= 11 is 1.74. The Kier molecular flexibility index (Phi) is 5.74. The second-order valence-corrected chi connectivity index (χ2v) is 7.54. The molecule has 6 heteroatoms. The SMILES string of the molecule is CC(C)N(C(=O)OC(C)(C)C)C(C(=O)O)C1CCSC1. The number of carbonyl (C=O) groups is 2. The topological polar surface area (TPSA) is 66.8 Å². The fourth-order valence-electron chi connectivity index (χ4n) is 2.31. The van der Waals surface area contributed by atoms with E-state index in [9.17, 15) is 14.7 Å². The highest BCUT2D eigenvalue weighted by atomic mass is 32.2. The van der Waals surface area contributed by atoms with E-state index in [1.165, 1.54) is 4.90 Å². The van der Waals surface area contributed by atoms with Crippen molar-refractivity contribution >= 4 is 23.8 Å². The molecular formula is C14H25NO4S. The highest BCUT2D eigenvalue weighted by Gasteiger charge is 2.41. The molecule has 1 fully saturated rings. The Hall–Kier alpha value is -0.910. The first-order valence-electron chi connectivity index (χ1n) is 6.95. The number of nitrogens with zero attached hydrogens (tertiary/aromatic N) is 1. The lowest BCUT2D eigenvalue weighted by molar-refractivity contribution is -0.145. The average molecular weight is 303 g/mol. The third kappa shape index (κ3) is 4.58. The number of hydrogen-bond donors (Lipinski definition) is 1. The molecule has 1 aliphatic rings. The number of aliphatic carboxylic acids is 1. The van der Waals surface area contributed by atoms with Gasteiger partial charge in [-0.2, -0.15) is 11.8 Å². The molecule has 0 spiro atoms. The van der Waals surface area contributed by atoms with Gasteiger partial charge in [-0.15, -0.1) is 0 Å². The maximum absolute atomic E-state index is 12.3. The van der Waals surface area contributed by atoms with Crippen LogP contribution < -0.4 is 0 Å². The highest BCUT2D eigenvalue weighted by molar-refractivity contribution is 7.99. The number of carboxylic acids is 1. The van der Waals surface area contributed by atoms with E-state index in [-0.39, 0.29) is 12.0 Å². The molecule has 0 aliphatic carbocycles. The van der Waals surface area contributed by atoms with Crippen LogP contribution in [0.2, 0.25) is 0 Å². The maximum Gasteiger partial charge on any atom is 0.411 e. The Labute approximate surface area is 125 Å². The Morgan fingerprint density at radius 3 is 2.30 bits per heavy atom. The van der Waals surface area contributed by atoms with Crippen LogP contribution in [0.3, 0.4) is 0 Å². The zero-order chi connectivity index (χ0) is 15.5. The van der Waals surface area contributed by atoms with Crippen LogP contribution in [0.15, 0.2) is 0 Å². The van der Waals surface area contributed by atoms with Gasteiger partial charge in [-0.3, -0.25) is 4.90 Å². The van der Waals surface area contributed by atoms with Crippen molar-refractivity contribution in [2.24, 2.45) is 5.92 Å². The Morgan fingerprint density at radius 1 is 1.35 bits per heavy atom. The largest absolute Gasteiger partial charge is 0.480 e. The first kappa shape index (κ1) is 17.1. The minimum absolute atomic E-state index is 0.00702. The lowest BCUT2D eigenvalue weighted by Gasteiger charge is -2.36. The standard InChI is InChI=1S/C14H25NO4S/c1-9(2)15(13(18)19-14(3,4)5)11(12(16)17)10-6-7-20-8-10/h9-11H,6-8H2,1-5H3,(H,16,17). The van der Waals surface area contributed by atoms with Gasteiger partial charge in [0.2, 0.25) is 0 Å². The molecule has 0 aromatic carbocycles. The monoisotopic (exact) mass is 303 g/mol. The van der Waals surface area contributed by atoms with Crippen LogP contribution in [0.25, 0.3) is 0 Å². The van der Waals surface area contributed by atoms with Crippen molar-refractivity contribution in [3.63, 3.8) is 0 Å². The summed E-state index contributed by atoms with van der Waals surface area (Å²) in [5.74, 6) is 0.780. The number of amides is 1. The van der Waals surface area contributed by atoms with Crippen LogP contribution in [0.4, 0.5) is 4.79 Å². The van der Waals surface area contributed by atoms with Crippen LogP contribution >= 0.6 is 11.8 Å². The van der Waals surface area contributed by atoms with Crippen LogP contribution in [0.5, 0.6) is 0 Å². The molecule has 2 atom stereocenters. The molecule has 1 aliphatic heterocycles. The fourth-order valence-corrected chi connectivity index (χ4v) is 3.60. The number of carbonyl (C=O) groups excluding carboxylic acids is 1. The number of rotatable bonds is 4. The first-order valence-corrected chi connectivity index (χ1v) is 8.11. The molecule has 20 heavy (non-hydrogen) atoms. The molecule has 5 nitrogen and oxygen atoms in total. The third-order valence-corrected chi connectivity index (χ3v) is 4.31. The molecule has 0 radical (unpaired) electrons. The van der Waals surface area contributed by atoms with Crippen LogP contribution in [0, 0.1) is 5.92 Å². The summed E-state index contributed by atoms with van der Waals surface area (Å²) in [6.45, 7) is 8.99. The van der Waals surface area contributed by atoms with Crippen molar-refractivity contribution in [3.8, 4) is 0 Å². The van der Waals surface area contributed by atoms with Gasteiger partial charge in [0.05, 0.1) is 0 Å². The molecule has 1 rings (SSSR count). The Morgan fingerprint density at radius 2 is 1.95 bits per heavy atom. The molecule has 1 saturated heterocycles. The minimum Gasteiger partial charge on any atom is -0.480 e. The molecule has 0 aromatic heterocycles. The lowest BCUT2D eigenvalue weighted by atomic mass is 9.97. The van der Waals surface area contributed by atoms with Crippen molar-refractivity contribution in [1.29, 1.82) is 0 Å². The van der Waals surface area contributed by atoms with Crippen molar-refractivity contribution in [2.45, 2.75) is 58.7 Å². The smallest absolute Gasteiger partial charge is 0.411 e. The van der Waals surface area contributed by atoms with Crippen LogP contribution in [-0.4, -0.2) is 51.3 Å². The van der Waals surface area contributed by atoms with E-state index in [0.717, 1.165) is 17.9 Å². The van der Waals surface area contributed by atoms with Gasteiger partial charge in [-0.05, 0) is 52.5 Å². The minimum atomic E-state index is -0.947. The number of carboxylic acid groups (broad SMARTS) is 1. The Bertz CT molecular complexity index is 359. The van der Waals surface area contributed by atoms with Crippen molar-refractivity contribution in [2.75, 3.05) is 11.5 Å². The predicted octanol–water partition coefficient (Wildman–Crippen LogP) is 2.84. The third-order valence-electron chi connectivity index (χ3n) is 3.12. The summed E-state index contributed by atoms with van der Waals surface area (Å²) in [6, 6.07) is -1.02. The van der Waals surface area contributed by atoms with Gasteiger partial charge in [0, 0.05) is 12.0 Å². The summed E-state index contributed by atoms with van der Waals surface area (Å²) < 4.78 is 5.37. The van der Waals surface area contributed by atoms with Gasteiger partial charge < -0.3 is 9.84 Å². The lowest BCUT2D eigenvalue weighted by Crippen LogP contribution is -2.53. The van der Waals surface area contributed by atoms with E-state index in [1.54, 1.807) is 32.5 Å². The van der Waals surface area contributed by atoms with E-state index in [1.807, 2.05) is 13.8 Å². The molecule has 1 N–H and O–H groups in total. The zero-order valence-electron chi connectivity index (χ0n) is 12.9. The fraction of sp³-hybridized carbons (Fsp3) is 0.857. The van der Waals surface area contributed by atoms with Crippen molar-refractivity contribution < 1.29 is 19.4 Å². The van der Waals surface area contributed by atoms with Crippen molar-refractivity contribution in [1.82, 2.24) is 4.90 Å². The van der Waals surface area contributed by atoms with E-state index in [4.69, 9.17) is 4.74 Å². The van der Waals surface area contributed by atoms with Gasteiger partial charge in [0.15, 0.2) is 0 Å². The first-order chi connectivity index (χ1) is 9.13. The number of ether oxygens (including phenoxy) is 1. The summed E-state index contributed by atoms with van der Waals surface area (Å²) in [7, 11) is 0. The van der Waals surface area contributed by atoms with E-state index in [2.05, 4.69) is 0 Å². The van der Waals surface area contributed by atoms with Gasteiger partial charge >= 0.3 is 12.1 Å². The van der Waals surface area contributed by atoms with Gasteiger partial charge in [-0.1, -0.05) is 0 Å². The molecule has 1 amide bonds. The van der Waals surface area contributed by atoms with Crippen LogP contribution in [-0.2, 0) is 9.53 Å². The van der Waals surface area contributed by atoms with E-state index >= 15 is 0 Å². The van der Waals surface area contributed by atoms with Crippen LogP contribution in [0.1, 0.15) is 41.0 Å².